The number of rotatable bonds is 6. The Balaban J connectivity index is 2.20. The van der Waals surface area contributed by atoms with Crippen LogP contribution in [0.5, 0.6) is 0 Å². The van der Waals surface area contributed by atoms with Crippen molar-refractivity contribution in [1.29, 1.82) is 0 Å². The molecule has 1 aromatic carbocycles. The Hall–Kier alpha value is -1.52. The van der Waals surface area contributed by atoms with Crippen molar-refractivity contribution in [3.05, 3.63) is 41.1 Å². The fraction of sp³-hybridized carbons (Fsp3) is 0.357. The Morgan fingerprint density at radius 1 is 1.32 bits per heavy atom. The summed E-state index contributed by atoms with van der Waals surface area (Å²) in [5.74, 6) is 0. The molecule has 2 N–H and O–H groups in total. The van der Waals surface area contributed by atoms with Crippen LogP contribution in [0.25, 0.3) is 6.08 Å². The number of amides is 2. The molecule has 0 bridgehead atoms. The molecule has 2 amide bonds. The average Bonchev–Trinajstić information content (AvgIpc) is 2.37. The van der Waals surface area contributed by atoms with Crippen molar-refractivity contribution >= 4 is 23.7 Å². The van der Waals surface area contributed by atoms with Crippen LogP contribution in [0.3, 0.4) is 0 Å². The van der Waals surface area contributed by atoms with E-state index < -0.39 is 0 Å². The van der Waals surface area contributed by atoms with E-state index in [1.165, 1.54) is 0 Å². The molecule has 104 valence electrons. The second-order valence-electron chi connectivity index (χ2n) is 4.44. The van der Waals surface area contributed by atoms with Crippen molar-refractivity contribution in [3.8, 4) is 0 Å². The predicted octanol–water partition coefficient (Wildman–Crippen LogP) is 2.56. The van der Waals surface area contributed by atoms with Gasteiger partial charge in [0.2, 0.25) is 0 Å². The zero-order chi connectivity index (χ0) is 14.1. The summed E-state index contributed by atoms with van der Waals surface area (Å²) in [6.45, 7) is 1.62. The highest BCUT2D eigenvalue weighted by Gasteiger charge is 1.96. The molecule has 0 saturated carbocycles. The molecule has 0 aliphatic carbocycles. The molecule has 0 atom stereocenters. The van der Waals surface area contributed by atoms with Crippen LogP contribution in [0.1, 0.15) is 12.0 Å². The van der Waals surface area contributed by atoms with E-state index in [9.17, 15) is 4.79 Å². The molecule has 5 heteroatoms. The van der Waals surface area contributed by atoms with Crippen LogP contribution in [0.4, 0.5) is 4.79 Å². The normalized spacial score (nSPS) is 10.9. The lowest BCUT2D eigenvalue weighted by atomic mass is 10.2. The molecule has 0 aliphatic heterocycles. The molecule has 0 spiro atoms. The Kier molecular flexibility index (Phi) is 7.00. The molecule has 0 unspecified atom stereocenters. The summed E-state index contributed by atoms with van der Waals surface area (Å²) in [5, 5.41) is 6.14. The third kappa shape index (κ3) is 7.49. The summed E-state index contributed by atoms with van der Waals surface area (Å²) >= 11 is 5.78. The lowest BCUT2D eigenvalue weighted by Gasteiger charge is -2.09. The molecule has 0 aromatic heterocycles. The fourth-order valence-corrected chi connectivity index (χ4v) is 1.56. The van der Waals surface area contributed by atoms with Gasteiger partial charge in [0.05, 0.1) is 0 Å². The van der Waals surface area contributed by atoms with Crippen LogP contribution >= 0.6 is 11.6 Å². The van der Waals surface area contributed by atoms with Crippen molar-refractivity contribution in [2.45, 2.75) is 6.42 Å². The first-order valence-corrected chi connectivity index (χ1v) is 6.57. The first kappa shape index (κ1) is 15.5. The van der Waals surface area contributed by atoms with E-state index >= 15 is 0 Å². The van der Waals surface area contributed by atoms with E-state index in [0.717, 1.165) is 18.5 Å². The van der Waals surface area contributed by atoms with Crippen LogP contribution in [0.2, 0.25) is 5.02 Å². The molecule has 0 heterocycles. The number of carbonyl (C=O) groups excluding carboxylic acids is 1. The molecular weight excluding hydrogens is 262 g/mol. The smallest absolute Gasteiger partial charge is 0.318 e. The van der Waals surface area contributed by atoms with Crippen molar-refractivity contribution in [2.75, 3.05) is 27.2 Å². The van der Waals surface area contributed by atoms with Crippen LogP contribution in [-0.4, -0.2) is 38.1 Å². The quantitative estimate of drug-likeness (QED) is 0.787. The van der Waals surface area contributed by atoms with Crippen molar-refractivity contribution in [1.82, 2.24) is 15.5 Å². The predicted molar refractivity (Wildman–Crippen MR) is 80.2 cm³/mol. The minimum absolute atomic E-state index is 0.191. The number of halogens is 1. The summed E-state index contributed by atoms with van der Waals surface area (Å²) in [6, 6.07) is 7.19. The molecule has 0 saturated heterocycles. The lowest BCUT2D eigenvalue weighted by molar-refractivity contribution is 0.243. The van der Waals surface area contributed by atoms with Gasteiger partial charge in [0.15, 0.2) is 0 Å². The van der Waals surface area contributed by atoms with Gasteiger partial charge in [-0.15, -0.1) is 0 Å². The number of hydrogen-bond acceptors (Lipinski definition) is 2. The third-order valence-corrected chi connectivity index (χ3v) is 2.68. The number of hydrogen-bond donors (Lipinski definition) is 2. The van der Waals surface area contributed by atoms with E-state index in [1.54, 1.807) is 6.20 Å². The second-order valence-corrected chi connectivity index (χ2v) is 4.88. The maximum Gasteiger partial charge on any atom is 0.318 e. The highest BCUT2D eigenvalue weighted by atomic mass is 35.5. The van der Waals surface area contributed by atoms with E-state index in [0.29, 0.717) is 11.6 Å². The van der Waals surface area contributed by atoms with Gasteiger partial charge in [-0.2, -0.15) is 0 Å². The average molecular weight is 282 g/mol. The van der Waals surface area contributed by atoms with Crippen molar-refractivity contribution in [2.24, 2.45) is 0 Å². The van der Waals surface area contributed by atoms with Gasteiger partial charge >= 0.3 is 6.03 Å². The lowest BCUT2D eigenvalue weighted by Crippen LogP contribution is -2.33. The molecule has 0 radical (unpaired) electrons. The molecule has 1 aromatic rings. The maximum atomic E-state index is 11.4. The fourth-order valence-electron chi connectivity index (χ4n) is 1.44. The zero-order valence-corrected chi connectivity index (χ0v) is 12.1. The van der Waals surface area contributed by atoms with Gasteiger partial charge in [-0.1, -0.05) is 23.7 Å². The summed E-state index contributed by atoms with van der Waals surface area (Å²) in [4.78, 5) is 13.5. The second kappa shape index (κ2) is 8.56. The Morgan fingerprint density at radius 3 is 2.63 bits per heavy atom. The van der Waals surface area contributed by atoms with E-state index in [1.807, 2.05) is 44.4 Å². The Labute approximate surface area is 119 Å². The minimum Gasteiger partial charge on any atom is -0.338 e. The maximum absolute atomic E-state index is 11.4. The van der Waals surface area contributed by atoms with Crippen LogP contribution < -0.4 is 10.6 Å². The molecule has 1 rings (SSSR count). The minimum atomic E-state index is -0.191. The first-order chi connectivity index (χ1) is 9.08. The van der Waals surface area contributed by atoms with Crippen molar-refractivity contribution < 1.29 is 4.79 Å². The van der Waals surface area contributed by atoms with Crippen molar-refractivity contribution in [3.63, 3.8) is 0 Å². The number of urea groups is 1. The summed E-state index contributed by atoms with van der Waals surface area (Å²) in [5.41, 5.74) is 0.984. The largest absolute Gasteiger partial charge is 0.338 e. The first-order valence-electron chi connectivity index (χ1n) is 6.19. The van der Waals surface area contributed by atoms with E-state index in [-0.39, 0.29) is 6.03 Å². The standard InChI is InChI=1S/C14H20ClN3O/c1-18(2)11-3-9-16-14(19)17-10-8-12-4-6-13(15)7-5-12/h4-8,10H,3,9,11H2,1-2H3,(H2,16,17,19)/b10-8+. The van der Waals surface area contributed by atoms with Gasteiger partial charge in [0, 0.05) is 17.8 Å². The van der Waals surface area contributed by atoms with Crippen LogP contribution in [0.15, 0.2) is 30.5 Å². The molecule has 19 heavy (non-hydrogen) atoms. The van der Waals surface area contributed by atoms with Gasteiger partial charge in [-0.3, -0.25) is 0 Å². The summed E-state index contributed by atoms with van der Waals surface area (Å²) < 4.78 is 0. The summed E-state index contributed by atoms with van der Waals surface area (Å²) in [7, 11) is 4.02. The number of carbonyl (C=O) groups is 1. The Bertz CT molecular complexity index is 415. The number of nitrogens with one attached hydrogen (secondary N) is 2. The van der Waals surface area contributed by atoms with Gasteiger partial charge in [0.25, 0.3) is 0 Å². The third-order valence-electron chi connectivity index (χ3n) is 2.43. The zero-order valence-electron chi connectivity index (χ0n) is 11.3. The SMILES string of the molecule is CN(C)CCCNC(=O)N/C=C/c1ccc(Cl)cc1. The molecule has 0 fully saturated rings. The van der Waals surface area contributed by atoms with E-state index in [2.05, 4.69) is 15.5 Å². The summed E-state index contributed by atoms with van der Waals surface area (Å²) in [6.07, 6.45) is 4.36. The molecule has 4 nitrogen and oxygen atoms in total. The van der Waals surface area contributed by atoms with E-state index in [4.69, 9.17) is 11.6 Å². The van der Waals surface area contributed by atoms with Crippen LogP contribution in [-0.2, 0) is 0 Å². The van der Waals surface area contributed by atoms with Gasteiger partial charge in [-0.05, 0) is 50.8 Å². The topological polar surface area (TPSA) is 44.4 Å². The number of nitrogens with zero attached hydrogens (tertiary/aromatic N) is 1. The molecular formula is C14H20ClN3O. The highest BCUT2D eigenvalue weighted by molar-refractivity contribution is 6.30. The molecule has 0 aliphatic rings. The van der Waals surface area contributed by atoms with Crippen LogP contribution in [0, 0.1) is 0 Å². The Morgan fingerprint density at radius 2 is 2.00 bits per heavy atom. The van der Waals surface area contributed by atoms with Gasteiger partial charge in [0.1, 0.15) is 0 Å². The number of benzene rings is 1. The van der Waals surface area contributed by atoms with Gasteiger partial charge in [-0.25, -0.2) is 4.79 Å². The monoisotopic (exact) mass is 281 g/mol. The highest BCUT2D eigenvalue weighted by Crippen LogP contribution is 2.10. The van der Waals surface area contributed by atoms with Gasteiger partial charge < -0.3 is 15.5 Å².